The van der Waals surface area contributed by atoms with Crippen molar-refractivity contribution in [3.05, 3.63) is 34.9 Å². The number of hydrogen-bond acceptors (Lipinski definition) is 5. The Balaban J connectivity index is 2.55. The van der Waals surface area contributed by atoms with Crippen LogP contribution in [0.3, 0.4) is 0 Å². The van der Waals surface area contributed by atoms with Crippen molar-refractivity contribution in [3.8, 4) is 0 Å². The van der Waals surface area contributed by atoms with E-state index in [1.807, 2.05) is 6.92 Å². The Bertz CT molecular complexity index is 500. The maximum Gasteiger partial charge on any atom is 0.508 e. The number of rotatable bonds is 6. The lowest BCUT2D eigenvalue weighted by Crippen LogP contribution is -2.33. The quantitative estimate of drug-likeness (QED) is 0.736. The summed E-state index contributed by atoms with van der Waals surface area (Å²) in [5, 5.41) is 0.550. The zero-order valence-electron chi connectivity index (χ0n) is 13.2. The average molecular weight is 329 g/mol. The molecule has 0 aliphatic rings. The highest BCUT2D eigenvalue weighted by Gasteiger charge is 2.26. The highest BCUT2D eigenvalue weighted by molar-refractivity contribution is 6.30. The largest absolute Gasteiger partial charge is 0.508 e. The van der Waals surface area contributed by atoms with Gasteiger partial charge in [0.05, 0.1) is 12.2 Å². The van der Waals surface area contributed by atoms with E-state index in [0.717, 1.165) is 0 Å². The van der Waals surface area contributed by atoms with Crippen molar-refractivity contribution in [1.29, 1.82) is 0 Å². The minimum atomic E-state index is -0.724. The molecule has 0 N–H and O–H groups in total. The van der Waals surface area contributed by atoms with Crippen molar-refractivity contribution >= 4 is 23.7 Å². The van der Waals surface area contributed by atoms with Gasteiger partial charge in [0.2, 0.25) is 0 Å². The topological polar surface area (TPSA) is 61.8 Å². The van der Waals surface area contributed by atoms with Crippen LogP contribution >= 0.6 is 11.6 Å². The molecule has 0 aliphatic carbocycles. The third-order valence-corrected chi connectivity index (χ3v) is 3.65. The summed E-state index contributed by atoms with van der Waals surface area (Å²) < 4.78 is 15.2. The van der Waals surface area contributed by atoms with Crippen LogP contribution in [0.5, 0.6) is 0 Å². The molecule has 1 aromatic carbocycles. The van der Waals surface area contributed by atoms with Crippen LogP contribution in [0.2, 0.25) is 5.02 Å². The fourth-order valence-electron chi connectivity index (χ4n) is 1.72. The van der Waals surface area contributed by atoms with Gasteiger partial charge >= 0.3 is 12.1 Å². The second-order valence-corrected chi connectivity index (χ2v) is 5.42. The zero-order valence-corrected chi connectivity index (χ0v) is 13.9. The molecule has 22 heavy (non-hydrogen) atoms. The van der Waals surface area contributed by atoms with Crippen molar-refractivity contribution in [2.75, 3.05) is 6.61 Å². The minimum Gasteiger partial charge on any atom is -0.459 e. The van der Waals surface area contributed by atoms with Crippen LogP contribution in [0.4, 0.5) is 4.79 Å². The van der Waals surface area contributed by atoms with Crippen molar-refractivity contribution in [1.82, 2.24) is 0 Å². The summed E-state index contributed by atoms with van der Waals surface area (Å²) in [5.74, 6) is -0.625. The number of hydrogen-bond donors (Lipinski definition) is 0. The standard InChI is InChI=1S/C16H21ClO5/c1-5-20-16(19)22-12(4)10(2)11(3)21-15(18)13-6-8-14(17)9-7-13/h6-12H,5H2,1-4H3. The molecule has 0 heterocycles. The van der Waals surface area contributed by atoms with Gasteiger partial charge in [0.15, 0.2) is 0 Å². The number of halogens is 1. The number of carbonyl (C=O) groups is 2. The smallest absolute Gasteiger partial charge is 0.459 e. The molecule has 3 unspecified atom stereocenters. The molecule has 0 fully saturated rings. The fourth-order valence-corrected chi connectivity index (χ4v) is 1.85. The summed E-state index contributed by atoms with van der Waals surface area (Å²) >= 11 is 5.78. The number of esters is 1. The SMILES string of the molecule is CCOC(=O)OC(C)C(C)C(C)OC(=O)c1ccc(Cl)cc1. The molecule has 5 nitrogen and oxygen atoms in total. The van der Waals surface area contributed by atoms with E-state index in [4.69, 9.17) is 25.8 Å². The van der Waals surface area contributed by atoms with Gasteiger partial charge in [-0.25, -0.2) is 9.59 Å². The lowest BCUT2D eigenvalue weighted by atomic mass is 10.0. The third-order valence-electron chi connectivity index (χ3n) is 3.40. The van der Waals surface area contributed by atoms with Gasteiger partial charge in [0.1, 0.15) is 12.2 Å². The Morgan fingerprint density at radius 1 is 1.05 bits per heavy atom. The summed E-state index contributed by atoms with van der Waals surface area (Å²) in [5.41, 5.74) is 0.419. The Labute approximate surface area is 135 Å². The van der Waals surface area contributed by atoms with Gasteiger partial charge in [-0.15, -0.1) is 0 Å². The molecule has 0 saturated heterocycles. The van der Waals surface area contributed by atoms with Crippen molar-refractivity contribution in [3.63, 3.8) is 0 Å². The van der Waals surface area contributed by atoms with Gasteiger partial charge < -0.3 is 14.2 Å². The monoisotopic (exact) mass is 328 g/mol. The normalized spacial score (nSPS) is 14.6. The Morgan fingerprint density at radius 2 is 1.59 bits per heavy atom. The molecule has 1 aromatic rings. The van der Waals surface area contributed by atoms with Crippen molar-refractivity contribution < 1.29 is 23.8 Å². The molecular formula is C16H21ClO5. The first kappa shape index (κ1) is 18.3. The zero-order chi connectivity index (χ0) is 16.7. The lowest BCUT2D eigenvalue weighted by Gasteiger charge is -2.25. The summed E-state index contributed by atoms with van der Waals surface area (Å²) in [6.45, 7) is 7.27. The second kappa shape index (κ2) is 8.63. The van der Waals surface area contributed by atoms with Crippen LogP contribution in [0, 0.1) is 5.92 Å². The summed E-state index contributed by atoms with van der Waals surface area (Å²) in [7, 11) is 0. The number of benzene rings is 1. The Kier molecular flexibility index (Phi) is 7.18. The molecular weight excluding hydrogens is 308 g/mol. The van der Waals surface area contributed by atoms with Crippen LogP contribution in [0.15, 0.2) is 24.3 Å². The molecule has 0 saturated carbocycles. The van der Waals surface area contributed by atoms with Crippen molar-refractivity contribution in [2.24, 2.45) is 5.92 Å². The number of ether oxygens (including phenoxy) is 3. The molecule has 0 aliphatic heterocycles. The molecule has 122 valence electrons. The Morgan fingerprint density at radius 3 is 2.14 bits per heavy atom. The van der Waals surface area contributed by atoms with Gasteiger partial charge in [-0.1, -0.05) is 18.5 Å². The van der Waals surface area contributed by atoms with E-state index in [-0.39, 0.29) is 12.5 Å². The van der Waals surface area contributed by atoms with Crippen LogP contribution in [0.1, 0.15) is 38.1 Å². The average Bonchev–Trinajstić information content (AvgIpc) is 2.47. The predicted molar refractivity (Wildman–Crippen MR) is 83.1 cm³/mol. The second-order valence-electron chi connectivity index (χ2n) is 4.98. The van der Waals surface area contributed by atoms with Crippen LogP contribution in [-0.4, -0.2) is 30.9 Å². The van der Waals surface area contributed by atoms with E-state index in [9.17, 15) is 9.59 Å². The maximum atomic E-state index is 12.0. The van der Waals surface area contributed by atoms with Crippen LogP contribution in [0.25, 0.3) is 0 Å². The first-order valence-electron chi connectivity index (χ1n) is 7.15. The van der Waals surface area contributed by atoms with E-state index in [1.165, 1.54) is 0 Å². The highest BCUT2D eigenvalue weighted by Crippen LogP contribution is 2.18. The lowest BCUT2D eigenvalue weighted by molar-refractivity contribution is -0.0254. The highest BCUT2D eigenvalue weighted by atomic mass is 35.5. The Hall–Kier alpha value is -1.75. The van der Waals surface area contributed by atoms with E-state index < -0.39 is 24.3 Å². The molecule has 0 bridgehead atoms. The third kappa shape index (κ3) is 5.56. The molecule has 3 atom stereocenters. The molecule has 1 rings (SSSR count). The van der Waals surface area contributed by atoms with Gasteiger partial charge in [-0.05, 0) is 45.0 Å². The molecule has 0 spiro atoms. The summed E-state index contributed by atoms with van der Waals surface area (Å²) in [4.78, 5) is 23.3. The van der Waals surface area contributed by atoms with E-state index in [0.29, 0.717) is 10.6 Å². The minimum absolute atomic E-state index is 0.180. The van der Waals surface area contributed by atoms with Gasteiger partial charge in [-0.2, -0.15) is 0 Å². The van der Waals surface area contributed by atoms with Gasteiger partial charge in [0.25, 0.3) is 0 Å². The van der Waals surface area contributed by atoms with E-state index >= 15 is 0 Å². The first-order chi connectivity index (χ1) is 10.3. The van der Waals surface area contributed by atoms with Gasteiger partial charge in [0, 0.05) is 10.9 Å². The number of carbonyl (C=O) groups excluding carboxylic acids is 2. The molecule has 6 heteroatoms. The molecule has 0 aromatic heterocycles. The predicted octanol–water partition coefficient (Wildman–Crippen LogP) is 4.08. The van der Waals surface area contributed by atoms with Crippen LogP contribution in [-0.2, 0) is 14.2 Å². The fraction of sp³-hybridized carbons (Fsp3) is 0.500. The van der Waals surface area contributed by atoms with Gasteiger partial charge in [-0.3, -0.25) is 0 Å². The van der Waals surface area contributed by atoms with E-state index in [1.54, 1.807) is 45.0 Å². The van der Waals surface area contributed by atoms with Crippen molar-refractivity contribution in [2.45, 2.75) is 39.9 Å². The van der Waals surface area contributed by atoms with Crippen LogP contribution < -0.4 is 0 Å². The molecule has 0 amide bonds. The summed E-state index contributed by atoms with van der Waals surface area (Å²) in [6, 6.07) is 6.44. The first-order valence-corrected chi connectivity index (χ1v) is 7.52. The summed E-state index contributed by atoms with van der Waals surface area (Å²) in [6.07, 6.45) is -1.59. The van der Waals surface area contributed by atoms with E-state index in [2.05, 4.69) is 0 Å². The maximum absolute atomic E-state index is 12.0. The molecule has 0 radical (unpaired) electrons.